The van der Waals surface area contributed by atoms with Crippen LogP contribution in [0.4, 0.5) is 0 Å². The highest BCUT2D eigenvalue weighted by molar-refractivity contribution is 5.23. The maximum Gasteiger partial charge on any atom is 0.0877 e. The van der Waals surface area contributed by atoms with Crippen molar-refractivity contribution in [2.45, 2.75) is 19.8 Å². The molecule has 0 aliphatic heterocycles. The second-order valence-electron chi connectivity index (χ2n) is 2.72. The monoisotopic (exact) mass is 149 g/mol. The van der Waals surface area contributed by atoms with Crippen LogP contribution in [0.1, 0.15) is 24.1 Å². The number of rotatable bonds is 1. The molecule has 1 aromatic heterocycles. The molecule has 0 saturated heterocycles. The molecule has 0 saturated carbocycles. The molecule has 0 aliphatic rings. The fourth-order valence-electron chi connectivity index (χ4n) is 1.11. The Hall–Kier alpha value is -1.30. The van der Waals surface area contributed by atoms with Crippen LogP contribution in [-0.4, -0.2) is 9.78 Å². The van der Waals surface area contributed by atoms with Crippen molar-refractivity contribution >= 4 is 0 Å². The lowest BCUT2D eigenvalue weighted by Crippen LogP contribution is -1.94. The van der Waals surface area contributed by atoms with E-state index >= 15 is 0 Å². The highest BCUT2D eigenvalue weighted by atomic mass is 15.3. The van der Waals surface area contributed by atoms with Crippen molar-refractivity contribution in [3.05, 3.63) is 17.5 Å². The molecule has 0 spiro atoms. The van der Waals surface area contributed by atoms with Crippen molar-refractivity contribution in [1.82, 2.24) is 9.78 Å². The van der Waals surface area contributed by atoms with E-state index in [1.807, 2.05) is 27.1 Å². The molecule has 0 bridgehead atoms. The maximum absolute atomic E-state index is 8.62. The molecule has 1 heterocycles. The van der Waals surface area contributed by atoms with Crippen LogP contribution in [0.2, 0.25) is 0 Å². The lowest BCUT2D eigenvalue weighted by atomic mass is 10.1. The molecule has 1 aromatic rings. The normalized spacial score (nSPS) is 12.5. The summed E-state index contributed by atoms with van der Waals surface area (Å²) in [4.78, 5) is 0. The third kappa shape index (κ3) is 1.40. The number of hydrogen-bond donors (Lipinski definition) is 0. The first-order valence-corrected chi connectivity index (χ1v) is 3.55. The summed E-state index contributed by atoms with van der Waals surface area (Å²) in [6.07, 6.45) is 1.92. The number of nitrogens with zero attached hydrogens (tertiary/aromatic N) is 3. The second-order valence-corrected chi connectivity index (χ2v) is 2.72. The Kier molecular flexibility index (Phi) is 1.95. The van der Waals surface area contributed by atoms with Gasteiger partial charge in [0.25, 0.3) is 0 Å². The average molecular weight is 149 g/mol. The zero-order valence-electron chi connectivity index (χ0n) is 7.00. The smallest absolute Gasteiger partial charge is 0.0877 e. The quantitative estimate of drug-likeness (QED) is 0.605. The lowest BCUT2D eigenvalue weighted by molar-refractivity contribution is 0.733. The first kappa shape index (κ1) is 7.80. The topological polar surface area (TPSA) is 41.6 Å². The fourth-order valence-corrected chi connectivity index (χ4v) is 1.11. The fraction of sp³-hybridized carbons (Fsp3) is 0.500. The van der Waals surface area contributed by atoms with Gasteiger partial charge in [-0.1, -0.05) is 0 Å². The zero-order valence-corrected chi connectivity index (χ0v) is 7.00. The Morgan fingerprint density at radius 1 is 1.73 bits per heavy atom. The van der Waals surface area contributed by atoms with Crippen LogP contribution in [0.25, 0.3) is 0 Å². The Morgan fingerprint density at radius 3 is 2.73 bits per heavy atom. The van der Waals surface area contributed by atoms with Gasteiger partial charge >= 0.3 is 0 Å². The summed E-state index contributed by atoms with van der Waals surface area (Å²) >= 11 is 0. The maximum atomic E-state index is 8.62. The summed E-state index contributed by atoms with van der Waals surface area (Å²) in [7, 11) is 1.86. The molecule has 0 radical (unpaired) electrons. The summed E-state index contributed by atoms with van der Waals surface area (Å²) in [6, 6.07) is 2.16. The molecule has 0 amide bonds. The molecule has 3 heteroatoms. The van der Waals surface area contributed by atoms with E-state index in [1.165, 1.54) is 0 Å². The molecular weight excluding hydrogens is 138 g/mol. The van der Waals surface area contributed by atoms with E-state index in [0.29, 0.717) is 0 Å². The Labute approximate surface area is 66.3 Å². The van der Waals surface area contributed by atoms with E-state index in [-0.39, 0.29) is 5.92 Å². The Balaban J connectivity index is 3.05. The van der Waals surface area contributed by atoms with Gasteiger partial charge in [-0.2, -0.15) is 10.4 Å². The van der Waals surface area contributed by atoms with Gasteiger partial charge < -0.3 is 0 Å². The summed E-state index contributed by atoms with van der Waals surface area (Å²) in [5, 5.41) is 12.8. The molecule has 1 unspecified atom stereocenters. The molecule has 11 heavy (non-hydrogen) atoms. The molecule has 58 valence electrons. The van der Waals surface area contributed by atoms with Crippen molar-refractivity contribution in [2.24, 2.45) is 7.05 Å². The number of hydrogen-bond acceptors (Lipinski definition) is 2. The summed E-state index contributed by atoms with van der Waals surface area (Å²) in [5.41, 5.74) is 1.97. The first-order chi connectivity index (χ1) is 5.15. The van der Waals surface area contributed by atoms with Crippen LogP contribution < -0.4 is 0 Å². The highest BCUT2D eigenvalue weighted by Gasteiger charge is 2.10. The molecule has 0 N–H and O–H groups in total. The van der Waals surface area contributed by atoms with Crippen molar-refractivity contribution in [1.29, 1.82) is 5.26 Å². The minimum Gasteiger partial charge on any atom is -0.275 e. The van der Waals surface area contributed by atoms with Crippen LogP contribution in [0, 0.1) is 18.3 Å². The first-order valence-electron chi connectivity index (χ1n) is 3.55. The van der Waals surface area contributed by atoms with Gasteiger partial charge in [0.15, 0.2) is 0 Å². The average Bonchev–Trinajstić information content (AvgIpc) is 2.28. The predicted octanol–water partition coefficient (Wildman–Crippen LogP) is 1.36. The van der Waals surface area contributed by atoms with Gasteiger partial charge in [0.05, 0.1) is 17.7 Å². The van der Waals surface area contributed by atoms with Gasteiger partial charge in [-0.05, 0) is 19.4 Å². The van der Waals surface area contributed by atoms with Crippen molar-refractivity contribution < 1.29 is 0 Å². The van der Waals surface area contributed by atoms with Crippen LogP contribution in [0.3, 0.4) is 0 Å². The largest absolute Gasteiger partial charge is 0.275 e. The Morgan fingerprint density at radius 2 is 2.36 bits per heavy atom. The molecule has 1 atom stereocenters. The van der Waals surface area contributed by atoms with E-state index in [1.54, 1.807) is 4.68 Å². The van der Waals surface area contributed by atoms with E-state index in [0.717, 1.165) is 11.3 Å². The second kappa shape index (κ2) is 2.75. The summed E-state index contributed by atoms with van der Waals surface area (Å²) in [6.45, 7) is 3.82. The number of nitriles is 1. The lowest BCUT2D eigenvalue weighted by Gasteiger charge is -1.96. The highest BCUT2D eigenvalue weighted by Crippen LogP contribution is 2.15. The van der Waals surface area contributed by atoms with Crippen LogP contribution in [0.5, 0.6) is 0 Å². The van der Waals surface area contributed by atoms with Gasteiger partial charge in [-0.25, -0.2) is 0 Å². The van der Waals surface area contributed by atoms with Crippen LogP contribution in [-0.2, 0) is 7.05 Å². The van der Waals surface area contributed by atoms with Crippen LogP contribution >= 0.6 is 0 Å². The van der Waals surface area contributed by atoms with Gasteiger partial charge in [0.2, 0.25) is 0 Å². The van der Waals surface area contributed by atoms with Crippen molar-refractivity contribution in [3.63, 3.8) is 0 Å². The third-order valence-corrected chi connectivity index (χ3v) is 1.65. The molecular formula is C8H11N3. The molecule has 3 nitrogen and oxygen atoms in total. The van der Waals surface area contributed by atoms with Gasteiger partial charge in [-0.15, -0.1) is 0 Å². The van der Waals surface area contributed by atoms with Crippen molar-refractivity contribution in [3.8, 4) is 6.07 Å². The Bertz CT molecular complexity index is 293. The predicted molar refractivity (Wildman–Crippen MR) is 42.0 cm³/mol. The van der Waals surface area contributed by atoms with E-state index in [4.69, 9.17) is 5.26 Å². The van der Waals surface area contributed by atoms with Gasteiger partial charge in [0.1, 0.15) is 0 Å². The SMILES string of the molecule is Cc1cn(C)nc1C(C)C#N. The van der Waals surface area contributed by atoms with E-state index in [2.05, 4.69) is 11.2 Å². The third-order valence-electron chi connectivity index (χ3n) is 1.65. The van der Waals surface area contributed by atoms with Gasteiger partial charge in [0, 0.05) is 13.2 Å². The molecule has 0 aliphatic carbocycles. The van der Waals surface area contributed by atoms with Crippen molar-refractivity contribution in [2.75, 3.05) is 0 Å². The van der Waals surface area contributed by atoms with Crippen LogP contribution in [0.15, 0.2) is 6.20 Å². The van der Waals surface area contributed by atoms with E-state index < -0.39 is 0 Å². The standard InChI is InChI=1S/C8H11N3/c1-6(4-9)8-7(2)5-11(3)10-8/h5-6H,1-3H3. The van der Waals surface area contributed by atoms with E-state index in [9.17, 15) is 0 Å². The zero-order chi connectivity index (χ0) is 8.43. The summed E-state index contributed by atoms with van der Waals surface area (Å²) < 4.78 is 1.73. The molecule has 0 aromatic carbocycles. The summed E-state index contributed by atoms with van der Waals surface area (Å²) in [5.74, 6) is -0.101. The number of aryl methyl sites for hydroxylation is 2. The molecule has 0 fully saturated rings. The minimum absolute atomic E-state index is 0.101. The van der Waals surface area contributed by atoms with Gasteiger partial charge in [-0.3, -0.25) is 4.68 Å². The minimum atomic E-state index is -0.101. The number of aromatic nitrogens is 2. The molecule has 1 rings (SSSR count).